The highest BCUT2D eigenvalue weighted by molar-refractivity contribution is 6.64. The Bertz CT molecular complexity index is 794. The van der Waals surface area contributed by atoms with Crippen molar-refractivity contribution in [1.82, 2.24) is 0 Å². The van der Waals surface area contributed by atoms with E-state index in [1.54, 1.807) is 24.3 Å². The Balaban J connectivity index is 1.82. The van der Waals surface area contributed by atoms with Gasteiger partial charge in [-0.25, -0.2) is 9.18 Å². The lowest BCUT2D eigenvalue weighted by Gasteiger charge is -2.32. The van der Waals surface area contributed by atoms with Gasteiger partial charge < -0.3 is 14.0 Å². The molecule has 1 aliphatic rings. The number of rotatable bonds is 3. The number of hydrogen-bond donors (Lipinski definition) is 1. The van der Waals surface area contributed by atoms with Crippen molar-refractivity contribution >= 4 is 24.4 Å². The lowest BCUT2D eigenvalue weighted by molar-refractivity contribution is 0.00578. The number of carbonyl (C=O) groups excluding carboxylic acids is 1. The average molecular weight is 357 g/mol. The molecule has 1 amide bonds. The van der Waals surface area contributed by atoms with E-state index in [-0.39, 0.29) is 5.69 Å². The summed E-state index contributed by atoms with van der Waals surface area (Å²) in [7, 11) is -0.729. The van der Waals surface area contributed by atoms with Crippen molar-refractivity contribution in [2.75, 3.05) is 5.32 Å². The summed E-state index contributed by atoms with van der Waals surface area (Å²) in [6.45, 7) is 7.70. The van der Waals surface area contributed by atoms with Crippen molar-refractivity contribution in [3.05, 3.63) is 54.3 Å². The molecule has 1 fully saturated rings. The summed E-state index contributed by atoms with van der Waals surface area (Å²) in [6.07, 6.45) is -0.723. The van der Waals surface area contributed by atoms with Crippen LogP contribution in [0.2, 0.25) is 0 Å². The molecule has 1 N–H and O–H groups in total. The molecule has 7 heteroatoms. The van der Waals surface area contributed by atoms with Crippen LogP contribution in [0.4, 0.5) is 14.9 Å². The van der Waals surface area contributed by atoms with Gasteiger partial charge in [-0.2, -0.15) is 0 Å². The van der Waals surface area contributed by atoms with Crippen LogP contribution >= 0.6 is 0 Å². The number of anilines is 1. The molecule has 0 spiro atoms. The van der Waals surface area contributed by atoms with Gasteiger partial charge in [0, 0.05) is 11.2 Å². The summed E-state index contributed by atoms with van der Waals surface area (Å²) in [4.78, 5) is 12.2. The van der Waals surface area contributed by atoms with E-state index in [1.807, 2.05) is 33.8 Å². The topological polar surface area (TPSA) is 56.8 Å². The summed E-state index contributed by atoms with van der Waals surface area (Å²) in [5.74, 6) is -0.0983. The first-order valence-corrected chi connectivity index (χ1v) is 8.37. The maximum absolute atomic E-state index is 13.7. The summed E-state index contributed by atoms with van der Waals surface area (Å²) in [6, 6.07) is 12.7. The van der Waals surface area contributed by atoms with Gasteiger partial charge in [0.25, 0.3) is 0 Å². The van der Waals surface area contributed by atoms with E-state index >= 15 is 0 Å². The molecule has 1 heterocycles. The molecule has 5 nitrogen and oxygen atoms in total. The number of amides is 1. The number of benzene rings is 2. The Morgan fingerprint density at radius 3 is 2.27 bits per heavy atom. The standard InChI is InChI=1S/C19H21BFNO4/c1-18(2)19(3,4)26-20(25-18)15-11-10-13(21)12-16(15)22-17(23)24-14-8-6-5-7-9-14/h5-12H,1-4H3,(H,22,23). The first-order chi connectivity index (χ1) is 12.2. The average Bonchev–Trinajstić information content (AvgIpc) is 2.76. The third-order valence-corrected chi connectivity index (χ3v) is 4.71. The maximum atomic E-state index is 13.7. The Morgan fingerprint density at radius 1 is 1.04 bits per heavy atom. The van der Waals surface area contributed by atoms with Crippen LogP contribution in [-0.4, -0.2) is 24.4 Å². The molecule has 136 valence electrons. The monoisotopic (exact) mass is 357 g/mol. The van der Waals surface area contributed by atoms with E-state index in [1.165, 1.54) is 18.2 Å². The van der Waals surface area contributed by atoms with Crippen LogP contribution in [0.25, 0.3) is 0 Å². The third kappa shape index (κ3) is 3.74. The van der Waals surface area contributed by atoms with Crippen molar-refractivity contribution < 1.29 is 23.2 Å². The molecule has 0 aliphatic carbocycles. The first-order valence-electron chi connectivity index (χ1n) is 8.37. The molecular weight excluding hydrogens is 336 g/mol. The molecule has 26 heavy (non-hydrogen) atoms. The summed E-state index contributed by atoms with van der Waals surface area (Å²) >= 11 is 0. The second-order valence-electron chi connectivity index (χ2n) is 7.15. The lowest BCUT2D eigenvalue weighted by atomic mass is 9.77. The van der Waals surface area contributed by atoms with Crippen LogP contribution in [0.3, 0.4) is 0 Å². The minimum atomic E-state index is -0.729. The van der Waals surface area contributed by atoms with Gasteiger partial charge >= 0.3 is 13.2 Å². The fraction of sp³-hybridized carbons (Fsp3) is 0.316. The second kappa shape index (κ2) is 6.74. The third-order valence-electron chi connectivity index (χ3n) is 4.71. The van der Waals surface area contributed by atoms with Gasteiger partial charge in [0.15, 0.2) is 0 Å². The zero-order valence-corrected chi connectivity index (χ0v) is 15.2. The largest absolute Gasteiger partial charge is 0.496 e. The molecule has 2 aromatic carbocycles. The summed E-state index contributed by atoms with van der Waals surface area (Å²) in [5.41, 5.74) is -0.332. The number of nitrogens with one attached hydrogen (secondary N) is 1. The van der Waals surface area contributed by atoms with Crippen molar-refractivity contribution in [2.45, 2.75) is 38.9 Å². The van der Waals surface area contributed by atoms with Crippen LogP contribution in [0.1, 0.15) is 27.7 Å². The van der Waals surface area contributed by atoms with Gasteiger partial charge in [-0.3, -0.25) is 5.32 Å². The van der Waals surface area contributed by atoms with Gasteiger partial charge in [-0.1, -0.05) is 24.3 Å². The van der Waals surface area contributed by atoms with Crippen molar-refractivity contribution in [1.29, 1.82) is 0 Å². The highest BCUT2D eigenvalue weighted by Gasteiger charge is 2.52. The quantitative estimate of drug-likeness (QED) is 0.851. The second-order valence-corrected chi connectivity index (χ2v) is 7.15. The SMILES string of the molecule is CC1(C)OB(c2ccc(F)cc2NC(=O)Oc2ccccc2)OC1(C)C. The number of halogens is 1. The number of ether oxygens (including phenoxy) is 1. The van der Waals surface area contributed by atoms with Gasteiger partial charge in [0.2, 0.25) is 0 Å². The molecule has 0 bridgehead atoms. The van der Waals surface area contributed by atoms with Gasteiger partial charge in [0.05, 0.1) is 11.2 Å². The number of para-hydroxylation sites is 1. The van der Waals surface area contributed by atoms with Crippen LogP contribution < -0.4 is 15.5 Å². The molecule has 1 aliphatic heterocycles. The highest BCUT2D eigenvalue weighted by Crippen LogP contribution is 2.37. The first kappa shape index (κ1) is 18.4. The smallest absolute Gasteiger partial charge is 0.410 e. The molecule has 0 saturated carbocycles. The molecule has 0 aromatic heterocycles. The normalized spacial score (nSPS) is 17.8. The zero-order chi connectivity index (χ0) is 18.9. The predicted molar refractivity (Wildman–Crippen MR) is 98.2 cm³/mol. The molecule has 1 saturated heterocycles. The molecule has 0 radical (unpaired) electrons. The highest BCUT2D eigenvalue weighted by atomic mass is 19.1. The predicted octanol–water partition coefficient (Wildman–Crippen LogP) is 3.74. The van der Waals surface area contributed by atoms with Gasteiger partial charge in [-0.05, 0) is 52.0 Å². The number of carbonyl (C=O) groups is 1. The minimum Gasteiger partial charge on any atom is -0.410 e. The van der Waals surface area contributed by atoms with Crippen LogP contribution in [0.15, 0.2) is 48.5 Å². The van der Waals surface area contributed by atoms with E-state index in [0.717, 1.165) is 0 Å². The molecule has 0 unspecified atom stereocenters. The maximum Gasteiger partial charge on any atom is 0.496 e. The van der Waals surface area contributed by atoms with E-state index in [2.05, 4.69) is 5.32 Å². The van der Waals surface area contributed by atoms with Crippen molar-refractivity contribution in [3.63, 3.8) is 0 Å². The summed E-state index contributed by atoms with van der Waals surface area (Å²) in [5, 5.41) is 2.57. The minimum absolute atomic E-state index is 0.240. The van der Waals surface area contributed by atoms with E-state index in [0.29, 0.717) is 11.2 Å². The summed E-state index contributed by atoms with van der Waals surface area (Å²) < 4.78 is 30.9. The van der Waals surface area contributed by atoms with Gasteiger partial charge in [-0.15, -0.1) is 0 Å². The van der Waals surface area contributed by atoms with Gasteiger partial charge in [0.1, 0.15) is 11.6 Å². The van der Waals surface area contributed by atoms with E-state index in [9.17, 15) is 9.18 Å². The number of hydrogen-bond acceptors (Lipinski definition) is 4. The van der Waals surface area contributed by atoms with Crippen LogP contribution in [0, 0.1) is 5.82 Å². The van der Waals surface area contributed by atoms with E-state index in [4.69, 9.17) is 14.0 Å². The Hall–Kier alpha value is -2.38. The molecule has 3 rings (SSSR count). The Labute approximate surface area is 152 Å². The lowest BCUT2D eigenvalue weighted by Crippen LogP contribution is -2.41. The molecule has 2 aromatic rings. The molecular formula is C19H21BFNO4. The van der Waals surface area contributed by atoms with Crippen LogP contribution in [-0.2, 0) is 9.31 Å². The van der Waals surface area contributed by atoms with E-state index < -0.39 is 30.2 Å². The van der Waals surface area contributed by atoms with Crippen LogP contribution in [0.5, 0.6) is 5.75 Å². The van der Waals surface area contributed by atoms with Crippen molar-refractivity contribution in [3.8, 4) is 5.75 Å². The van der Waals surface area contributed by atoms with Crippen molar-refractivity contribution in [2.24, 2.45) is 0 Å². The molecule has 0 atom stereocenters. The Morgan fingerprint density at radius 2 is 1.65 bits per heavy atom. The fourth-order valence-electron chi connectivity index (χ4n) is 2.54. The zero-order valence-electron chi connectivity index (χ0n) is 15.2. The Kier molecular flexibility index (Phi) is 4.77. The fourth-order valence-corrected chi connectivity index (χ4v) is 2.54.